The quantitative estimate of drug-likeness (QED) is 0.177. The van der Waals surface area contributed by atoms with Crippen molar-refractivity contribution in [3.8, 4) is 22.3 Å². The summed E-state index contributed by atoms with van der Waals surface area (Å²) in [6, 6.07) is 46.4. The molecule has 0 bridgehead atoms. The fourth-order valence-electron chi connectivity index (χ4n) is 8.97. The normalized spacial score (nSPS) is 12.3. The van der Waals surface area contributed by atoms with E-state index in [2.05, 4.69) is 149 Å². The first-order chi connectivity index (χ1) is 22.5. The Morgan fingerprint density at radius 1 is 0.283 bits per heavy atom. The zero-order valence-electron chi connectivity index (χ0n) is 26.5. The zero-order chi connectivity index (χ0) is 30.8. The van der Waals surface area contributed by atoms with Gasteiger partial charge in [-0.3, -0.25) is 0 Å². The molecule has 0 heterocycles. The van der Waals surface area contributed by atoms with Crippen molar-refractivity contribution in [3.63, 3.8) is 0 Å². The lowest BCUT2D eigenvalue weighted by molar-refractivity contribution is 1.39. The van der Waals surface area contributed by atoms with Gasteiger partial charge in [0, 0.05) is 0 Å². The maximum absolute atomic E-state index is 2.54. The maximum atomic E-state index is 2.54. The summed E-state index contributed by atoms with van der Waals surface area (Å²) in [5.41, 5.74) is 10.5. The average molecular weight is 585 g/mol. The molecule has 10 aromatic rings. The fourth-order valence-corrected chi connectivity index (χ4v) is 8.97. The minimum atomic E-state index is 1.29. The van der Waals surface area contributed by atoms with Gasteiger partial charge in [-0.05, 0) is 131 Å². The van der Waals surface area contributed by atoms with Gasteiger partial charge in [0.15, 0.2) is 0 Å². The van der Waals surface area contributed by atoms with Crippen LogP contribution in [0.5, 0.6) is 0 Å². The van der Waals surface area contributed by atoms with Crippen LogP contribution < -0.4 is 0 Å². The third-order valence-electron chi connectivity index (χ3n) is 10.4. The van der Waals surface area contributed by atoms with E-state index < -0.39 is 0 Å². The molecule has 0 aliphatic heterocycles. The topological polar surface area (TPSA) is 0 Å². The van der Waals surface area contributed by atoms with Gasteiger partial charge in [0.2, 0.25) is 0 Å². The Balaban J connectivity index is 1.61. The Bertz CT molecular complexity index is 2840. The summed E-state index contributed by atoms with van der Waals surface area (Å²) in [6.45, 7) is 8.93. The van der Waals surface area contributed by atoms with Gasteiger partial charge in [-0.1, -0.05) is 138 Å². The van der Waals surface area contributed by atoms with Crippen LogP contribution in [0.15, 0.2) is 121 Å². The predicted molar refractivity (Wildman–Crippen MR) is 201 cm³/mol. The highest BCUT2D eigenvalue weighted by molar-refractivity contribution is 6.44. The van der Waals surface area contributed by atoms with Crippen molar-refractivity contribution in [2.45, 2.75) is 27.7 Å². The highest BCUT2D eigenvalue weighted by Gasteiger charge is 2.26. The second-order valence-electron chi connectivity index (χ2n) is 13.6. The third kappa shape index (κ3) is 3.34. The van der Waals surface area contributed by atoms with Crippen LogP contribution in [-0.2, 0) is 0 Å². The van der Waals surface area contributed by atoms with Crippen molar-refractivity contribution in [1.82, 2.24) is 0 Å². The van der Waals surface area contributed by atoms with E-state index in [-0.39, 0.29) is 0 Å². The molecule has 0 unspecified atom stereocenters. The molecular formula is C46H32. The van der Waals surface area contributed by atoms with E-state index in [9.17, 15) is 0 Å². The number of rotatable bonds is 2. The molecule has 0 aliphatic carbocycles. The van der Waals surface area contributed by atoms with Crippen molar-refractivity contribution >= 4 is 75.4 Å². The monoisotopic (exact) mass is 584 g/mol. The van der Waals surface area contributed by atoms with Gasteiger partial charge in [0.05, 0.1) is 0 Å². The van der Waals surface area contributed by atoms with Crippen LogP contribution in [0, 0.1) is 27.7 Å². The number of benzene rings is 8. The molecule has 0 aliphatic rings. The number of fused-ring (bicyclic) bond motifs is 8. The molecule has 10 aromatic carbocycles. The lowest BCUT2D eigenvalue weighted by atomic mass is 9.83. The molecule has 0 heteroatoms. The Morgan fingerprint density at radius 2 is 0.739 bits per heavy atom. The summed E-state index contributed by atoms with van der Waals surface area (Å²) in [6.07, 6.45) is 0. The van der Waals surface area contributed by atoms with Crippen molar-refractivity contribution < 1.29 is 0 Å². The molecule has 0 aromatic heterocycles. The van der Waals surface area contributed by atoms with E-state index in [1.807, 2.05) is 0 Å². The molecule has 0 nitrogen and oxygen atoms in total. The lowest BCUT2D eigenvalue weighted by Crippen LogP contribution is -1.93. The first-order valence-corrected chi connectivity index (χ1v) is 16.4. The molecule has 216 valence electrons. The van der Waals surface area contributed by atoms with Gasteiger partial charge < -0.3 is 0 Å². The lowest BCUT2D eigenvalue weighted by Gasteiger charge is -2.20. The molecule has 0 atom stereocenters. The molecular weight excluding hydrogens is 553 g/mol. The van der Waals surface area contributed by atoms with E-state index in [4.69, 9.17) is 0 Å². The average Bonchev–Trinajstić information content (AvgIpc) is 3.54. The van der Waals surface area contributed by atoms with Crippen LogP contribution in [0.25, 0.3) is 97.7 Å². The van der Waals surface area contributed by atoms with Crippen LogP contribution in [0.4, 0.5) is 0 Å². The molecule has 46 heavy (non-hydrogen) atoms. The largest absolute Gasteiger partial charge is 0.0616 e. The third-order valence-corrected chi connectivity index (χ3v) is 10.4. The molecule has 0 fully saturated rings. The smallest absolute Gasteiger partial charge is 0.000719 e. The van der Waals surface area contributed by atoms with Gasteiger partial charge >= 0.3 is 0 Å². The highest BCUT2D eigenvalue weighted by atomic mass is 14.3. The number of hydrogen-bond acceptors (Lipinski definition) is 0. The standard InChI is InChI=1S/C46H32/c1-25-18-26(2)21-30(20-25)41-39-24-38-33-13-6-5-12-32(33)34-14-9-17-37(43(34)38)44(39)42(31-22-27(3)19-28(4)23-31)46-36-16-8-11-29-10-7-15-35(40(29)36)45(41)46/h5-24H,1-4H3. The van der Waals surface area contributed by atoms with Gasteiger partial charge in [0.25, 0.3) is 0 Å². The number of aryl methyl sites for hydroxylation is 4. The van der Waals surface area contributed by atoms with E-state index in [1.54, 1.807) is 0 Å². The summed E-state index contributed by atoms with van der Waals surface area (Å²) in [7, 11) is 0. The van der Waals surface area contributed by atoms with E-state index in [0.29, 0.717) is 0 Å². The van der Waals surface area contributed by atoms with Crippen LogP contribution in [0.2, 0.25) is 0 Å². The Labute approximate surface area is 268 Å². The molecule has 0 saturated carbocycles. The maximum Gasteiger partial charge on any atom is -0.000719 e. The first-order valence-electron chi connectivity index (χ1n) is 16.4. The van der Waals surface area contributed by atoms with Crippen molar-refractivity contribution in [3.05, 3.63) is 144 Å². The van der Waals surface area contributed by atoms with Crippen LogP contribution in [0.1, 0.15) is 22.3 Å². The summed E-state index contributed by atoms with van der Waals surface area (Å²) in [4.78, 5) is 0. The zero-order valence-corrected chi connectivity index (χ0v) is 26.5. The molecule has 0 radical (unpaired) electrons. The van der Waals surface area contributed by atoms with Gasteiger partial charge in [-0.2, -0.15) is 0 Å². The summed E-state index contributed by atoms with van der Waals surface area (Å²) in [5, 5.41) is 18.9. The Morgan fingerprint density at radius 3 is 1.35 bits per heavy atom. The molecule has 10 rings (SSSR count). The highest BCUT2D eigenvalue weighted by Crippen LogP contribution is 2.54. The van der Waals surface area contributed by atoms with Gasteiger partial charge in [-0.25, -0.2) is 0 Å². The second kappa shape index (κ2) is 9.05. The van der Waals surface area contributed by atoms with Gasteiger partial charge in [-0.15, -0.1) is 0 Å². The SMILES string of the molecule is Cc1cc(C)cc(-c2c3cc4c5ccccc5c5cccc(c3c(-c3cc(C)cc(C)c3)c3c6cccc7cccc(c23)c76)c54)c1. The molecule has 0 amide bonds. The number of hydrogen-bond donors (Lipinski definition) is 0. The Hall–Kier alpha value is -5.46. The van der Waals surface area contributed by atoms with Crippen molar-refractivity contribution in [2.24, 2.45) is 0 Å². The van der Waals surface area contributed by atoms with Crippen LogP contribution in [0.3, 0.4) is 0 Å². The summed E-state index contributed by atoms with van der Waals surface area (Å²) < 4.78 is 0. The second-order valence-corrected chi connectivity index (χ2v) is 13.6. The minimum Gasteiger partial charge on any atom is -0.0616 e. The molecule has 0 spiro atoms. The van der Waals surface area contributed by atoms with E-state index >= 15 is 0 Å². The summed E-state index contributed by atoms with van der Waals surface area (Å²) in [5.74, 6) is 0. The fraction of sp³-hybridized carbons (Fsp3) is 0.0870. The van der Waals surface area contributed by atoms with Crippen LogP contribution in [-0.4, -0.2) is 0 Å². The minimum absolute atomic E-state index is 1.29. The van der Waals surface area contributed by atoms with E-state index in [1.165, 1.54) is 120 Å². The predicted octanol–water partition coefficient (Wildman–Crippen LogP) is 13.2. The van der Waals surface area contributed by atoms with Crippen LogP contribution >= 0.6 is 0 Å². The van der Waals surface area contributed by atoms with E-state index in [0.717, 1.165) is 0 Å². The first kappa shape index (κ1) is 25.8. The van der Waals surface area contributed by atoms with Crippen molar-refractivity contribution in [1.29, 1.82) is 0 Å². The summed E-state index contributed by atoms with van der Waals surface area (Å²) >= 11 is 0. The van der Waals surface area contributed by atoms with Crippen molar-refractivity contribution in [2.75, 3.05) is 0 Å². The van der Waals surface area contributed by atoms with Gasteiger partial charge in [0.1, 0.15) is 0 Å². The molecule has 0 N–H and O–H groups in total. The Kier molecular flexibility index (Phi) is 5.08. The molecule has 0 saturated heterocycles.